The zero-order chi connectivity index (χ0) is 13.7. The summed E-state index contributed by atoms with van der Waals surface area (Å²) in [6.07, 6.45) is 0. The van der Waals surface area contributed by atoms with Gasteiger partial charge in [-0.05, 0) is 55.8 Å². The van der Waals surface area contributed by atoms with Crippen LogP contribution in [0.2, 0.25) is 0 Å². The molecule has 0 spiro atoms. The minimum atomic E-state index is -0.152. The van der Waals surface area contributed by atoms with E-state index in [-0.39, 0.29) is 18.0 Å². The van der Waals surface area contributed by atoms with Crippen LogP contribution >= 0.6 is 27.3 Å². The van der Waals surface area contributed by atoms with Crippen molar-refractivity contribution < 1.29 is 4.79 Å². The lowest BCUT2D eigenvalue weighted by Crippen LogP contribution is -2.45. The van der Waals surface area contributed by atoms with Crippen LogP contribution in [-0.4, -0.2) is 29.9 Å². The second kappa shape index (κ2) is 7.26. The van der Waals surface area contributed by atoms with Crippen molar-refractivity contribution >= 4 is 33.2 Å². The van der Waals surface area contributed by atoms with Crippen LogP contribution in [0.3, 0.4) is 0 Å². The molecule has 0 bridgehead atoms. The maximum atomic E-state index is 12.1. The second-order valence-corrected chi connectivity index (χ2v) is 6.76. The molecule has 0 aliphatic rings. The van der Waals surface area contributed by atoms with E-state index in [4.69, 9.17) is 0 Å². The third kappa shape index (κ3) is 4.07. The molecule has 0 aromatic carbocycles. The standard InChI is InChI=1S/C13H21BrN2OS/c1-5-16(6-2)13(17)10(4)15-9(3)11-7-8-12(14)18-11/h7-10,15H,5-6H2,1-4H3. The van der Waals surface area contributed by atoms with E-state index in [1.807, 2.05) is 31.7 Å². The third-order valence-corrected chi connectivity index (χ3v) is 4.77. The van der Waals surface area contributed by atoms with Gasteiger partial charge in [-0.25, -0.2) is 0 Å². The molecule has 0 fully saturated rings. The number of hydrogen-bond donors (Lipinski definition) is 1. The van der Waals surface area contributed by atoms with Crippen molar-refractivity contribution in [3.05, 3.63) is 20.8 Å². The number of rotatable bonds is 6. The molecule has 5 heteroatoms. The highest BCUT2D eigenvalue weighted by Crippen LogP contribution is 2.27. The van der Waals surface area contributed by atoms with Crippen molar-refractivity contribution in [2.75, 3.05) is 13.1 Å². The number of thiophene rings is 1. The highest BCUT2D eigenvalue weighted by atomic mass is 79.9. The molecule has 0 aliphatic carbocycles. The van der Waals surface area contributed by atoms with Crippen LogP contribution in [0.4, 0.5) is 0 Å². The van der Waals surface area contributed by atoms with Crippen LogP contribution in [0, 0.1) is 0 Å². The maximum Gasteiger partial charge on any atom is 0.239 e. The molecule has 1 rings (SSSR count). The van der Waals surface area contributed by atoms with Gasteiger partial charge in [0.2, 0.25) is 5.91 Å². The first kappa shape index (κ1) is 15.7. The lowest BCUT2D eigenvalue weighted by molar-refractivity contribution is -0.132. The Morgan fingerprint density at radius 3 is 2.44 bits per heavy atom. The van der Waals surface area contributed by atoms with Crippen molar-refractivity contribution in [3.8, 4) is 0 Å². The van der Waals surface area contributed by atoms with Crippen LogP contribution < -0.4 is 5.32 Å². The molecule has 18 heavy (non-hydrogen) atoms. The summed E-state index contributed by atoms with van der Waals surface area (Å²) in [5, 5.41) is 3.36. The fourth-order valence-electron chi connectivity index (χ4n) is 1.90. The van der Waals surface area contributed by atoms with Crippen molar-refractivity contribution in [2.45, 2.75) is 39.8 Å². The molecule has 0 saturated carbocycles. The quantitative estimate of drug-likeness (QED) is 0.865. The molecule has 1 aromatic heterocycles. The van der Waals surface area contributed by atoms with Gasteiger partial charge in [0.15, 0.2) is 0 Å². The Hall–Kier alpha value is -0.390. The highest BCUT2D eigenvalue weighted by molar-refractivity contribution is 9.11. The maximum absolute atomic E-state index is 12.1. The molecule has 0 aliphatic heterocycles. The average Bonchev–Trinajstić information content (AvgIpc) is 2.77. The number of nitrogens with zero attached hydrogens (tertiary/aromatic N) is 1. The van der Waals surface area contributed by atoms with Gasteiger partial charge in [0.25, 0.3) is 0 Å². The summed E-state index contributed by atoms with van der Waals surface area (Å²) in [7, 11) is 0. The molecule has 1 amide bonds. The van der Waals surface area contributed by atoms with Gasteiger partial charge in [-0.15, -0.1) is 11.3 Å². The zero-order valence-corrected chi connectivity index (χ0v) is 13.8. The average molecular weight is 333 g/mol. The Bertz CT molecular complexity index is 390. The normalized spacial score (nSPS) is 14.3. The van der Waals surface area contributed by atoms with Crippen LogP contribution in [-0.2, 0) is 4.79 Å². The van der Waals surface area contributed by atoms with Gasteiger partial charge in [0.1, 0.15) is 0 Å². The lowest BCUT2D eigenvalue weighted by atomic mass is 10.2. The van der Waals surface area contributed by atoms with Gasteiger partial charge in [-0.1, -0.05) is 0 Å². The number of halogens is 1. The molecule has 0 saturated heterocycles. The SMILES string of the molecule is CCN(CC)C(=O)C(C)NC(C)c1ccc(Br)s1. The van der Waals surface area contributed by atoms with E-state index in [1.165, 1.54) is 4.88 Å². The van der Waals surface area contributed by atoms with Crippen LogP contribution in [0.5, 0.6) is 0 Å². The van der Waals surface area contributed by atoms with E-state index in [2.05, 4.69) is 34.2 Å². The third-order valence-electron chi connectivity index (χ3n) is 2.97. The predicted molar refractivity (Wildman–Crippen MR) is 81.0 cm³/mol. The highest BCUT2D eigenvalue weighted by Gasteiger charge is 2.20. The smallest absolute Gasteiger partial charge is 0.239 e. The fourth-order valence-corrected chi connectivity index (χ4v) is 3.33. The Kier molecular flexibility index (Phi) is 6.32. The molecule has 102 valence electrons. The molecule has 3 nitrogen and oxygen atoms in total. The molecule has 1 N–H and O–H groups in total. The Morgan fingerprint density at radius 1 is 1.39 bits per heavy atom. The van der Waals surface area contributed by atoms with Gasteiger partial charge < -0.3 is 4.90 Å². The lowest BCUT2D eigenvalue weighted by Gasteiger charge is -2.25. The van der Waals surface area contributed by atoms with Gasteiger partial charge in [0.05, 0.1) is 9.83 Å². The predicted octanol–water partition coefficient (Wildman–Crippen LogP) is 3.42. The number of hydrogen-bond acceptors (Lipinski definition) is 3. The molecular formula is C13H21BrN2OS. The summed E-state index contributed by atoms with van der Waals surface area (Å²) in [5.41, 5.74) is 0. The Labute approximate surface area is 122 Å². The molecule has 2 atom stereocenters. The monoisotopic (exact) mass is 332 g/mol. The fraction of sp³-hybridized carbons (Fsp3) is 0.615. The zero-order valence-electron chi connectivity index (χ0n) is 11.4. The number of carbonyl (C=O) groups excluding carboxylic acids is 1. The molecular weight excluding hydrogens is 312 g/mol. The van der Waals surface area contributed by atoms with Crippen molar-refractivity contribution in [2.24, 2.45) is 0 Å². The molecule has 1 aromatic rings. The topological polar surface area (TPSA) is 32.3 Å². The second-order valence-electron chi connectivity index (χ2n) is 4.26. The number of amides is 1. The number of likely N-dealkylation sites (N-methyl/N-ethyl adjacent to an activating group) is 1. The minimum absolute atomic E-state index is 0.152. The van der Waals surface area contributed by atoms with E-state index in [0.717, 1.165) is 16.9 Å². The number of carbonyl (C=O) groups is 1. The Morgan fingerprint density at radius 2 is 2.00 bits per heavy atom. The first-order chi connectivity index (χ1) is 8.49. The molecule has 2 unspecified atom stereocenters. The Balaban J connectivity index is 2.58. The largest absolute Gasteiger partial charge is 0.342 e. The van der Waals surface area contributed by atoms with Crippen molar-refractivity contribution in [1.29, 1.82) is 0 Å². The summed E-state index contributed by atoms with van der Waals surface area (Å²) in [6.45, 7) is 9.56. The van der Waals surface area contributed by atoms with Crippen molar-refractivity contribution in [3.63, 3.8) is 0 Å². The summed E-state index contributed by atoms with van der Waals surface area (Å²) in [6, 6.07) is 4.16. The number of nitrogens with one attached hydrogen (secondary N) is 1. The van der Waals surface area contributed by atoms with E-state index in [1.54, 1.807) is 11.3 Å². The van der Waals surface area contributed by atoms with Gasteiger partial charge >= 0.3 is 0 Å². The van der Waals surface area contributed by atoms with E-state index < -0.39 is 0 Å². The van der Waals surface area contributed by atoms with Gasteiger partial charge in [-0.3, -0.25) is 10.1 Å². The van der Waals surface area contributed by atoms with Gasteiger partial charge in [0, 0.05) is 24.0 Å². The summed E-state index contributed by atoms with van der Waals surface area (Å²) < 4.78 is 1.12. The van der Waals surface area contributed by atoms with E-state index in [0.29, 0.717) is 0 Å². The van der Waals surface area contributed by atoms with Crippen molar-refractivity contribution in [1.82, 2.24) is 10.2 Å². The van der Waals surface area contributed by atoms with Gasteiger partial charge in [-0.2, -0.15) is 0 Å². The molecule has 1 heterocycles. The molecule has 0 radical (unpaired) electrons. The summed E-state index contributed by atoms with van der Waals surface area (Å²) in [4.78, 5) is 15.2. The van der Waals surface area contributed by atoms with Crippen LogP contribution in [0.1, 0.15) is 38.6 Å². The summed E-state index contributed by atoms with van der Waals surface area (Å²) in [5.74, 6) is 0.169. The first-order valence-corrected chi connectivity index (χ1v) is 7.90. The van der Waals surface area contributed by atoms with E-state index in [9.17, 15) is 4.79 Å². The van der Waals surface area contributed by atoms with E-state index >= 15 is 0 Å². The van der Waals surface area contributed by atoms with Crippen LogP contribution in [0.15, 0.2) is 15.9 Å². The summed E-state index contributed by atoms with van der Waals surface area (Å²) >= 11 is 5.16. The first-order valence-electron chi connectivity index (χ1n) is 6.29. The van der Waals surface area contributed by atoms with Crippen LogP contribution in [0.25, 0.3) is 0 Å². The minimum Gasteiger partial charge on any atom is -0.342 e.